The maximum absolute atomic E-state index is 4.07. The van der Waals surface area contributed by atoms with Gasteiger partial charge in [0, 0.05) is 12.6 Å². The molecule has 2 aromatic heterocycles. The third-order valence-corrected chi connectivity index (χ3v) is 1.55. The zero-order chi connectivity index (χ0) is 8.39. The molecule has 0 saturated carbocycles. The van der Waals surface area contributed by atoms with Crippen molar-refractivity contribution in [2.45, 2.75) is 0 Å². The Morgan fingerprint density at radius 2 is 2.25 bits per heavy atom. The van der Waals surface area contributed by atoms with E-state index in [9.17, 15) is 0 Å². The summed E-state index contributed by atoms with van der Waals surface area (Å²) in [6, 6.07) is 1.84. The number of aromatic nitrogens is 5. The van der Waals surface area contributed by atoms with E-state index in [0.29, 0.717) is 0 Å². The van der Waals surface area contributed by atoms with E-state index in [0.717, 1.165) is 11.4 Å². The molecule has 0 atom stereocenters. The summed E-state index contributed by atoms with van der Waals surface area (Å²) in [5, 5.41) is 11.4. The van der Waals surface area contributed by atoms with Crippen LogP contribution in [-0.4, -0.2) is 25.0 Å². The largest absolute Gasteiger partial charge is 0.249 e. The van der Waals surface area contributed by atoms with Crippen molar-refractivity contribution in [3.63, 3.8) is 0 Å². The molecular weight excluding hydrogens is 154 g/mol. The van der Waals surface area contributed by atoms with Crippen LogP contribution in [0.15, 0.2) is 24.8 Å². The van der Waals surface area contributed by atoms with Gasteiger partial charge in [-0.15, -0.1) is 0 Å². The van der Waals surface area contributed by atoms with Gasteiger partial charge in [-0.25, -0.2) is 9.67 Å². The van der Waals surface area contributed by atoms with E-state index >= 15 is 0 Å². The van der Waals surface area contributed by atoms with Crippen LogP contribution in [0.25, 0.3) is 11.4 Å². The van der Waals surface area contributed by atoms with Crippen LogP contribution in [0, 0.1) is 0 Å². The third-order valence-electron chi connectivity index (χ3n) is 1.55. The minimum atomic E-state index is 0.796. The van der Waals surface area contributed by atoms with Crippen LogP contribution in [0.3, 0.4) is 0 Å². The molecule has 0 bridgehead atoms. The van der Waals surface area contributed by atoms with Crippen LogP contribution in [-0.2, 0) is 7.05 Å². The van der Waals surface area contributed by atoms with Gasteiger partial charge in [0.05, 0.1) is 12.4 Å². The van der Waals surface area contributed by atoms with Gasteiger partial charge in [0.2, 0.25) is 0 Å². The van der Waals surface area contributed by atoms with E-state index in [1.807, 2.05) is 13.1 Å². The molecular formula is C7H7N5. The molecule has 2 rings (SSSR count). The molecule has 0 amide bonds. The van der Waals surface area contributed by atoms with Gasteiger partial charge in [-0.1, -0.05) is 0 Å². The molecule has 0 spiro atoms. The zero-order valence-corrected chi connectivity index (χ0v) is 6.55. The van der Waals surface area contributed by atoms with E-state index in [4.69, 9.17) is 0 Å². The Morgan fingerprint density at radius 1 is 1.33 bits per heavy atom. The third kappa shape index (κ3) is 1.05. The second-order valence-electron chi connectivity index (χ2n) is 2.34. The van der Waals surface area contributed by atoms with E-state index < -0.39 is 0 Å². The van der Waals surface area contributed by atoms with Gasteiger partial charge in [0.1, 0.15) is 6.33 Å². The molecule has 0 aliphatic carbocycles. The topological polar surface area (TPSA) is 56.5 Å². The van der Waals surface area contributed by atoms with Crippen LogP contribution >= 0.6 is 0 Å². The van der Waals surface area contributed by atoms with E-state index in [1.54, 1.807) is 17.1 Å². The molecule has 2 heterocycles. The van der Waals surface area contributed by atoms with Crippen molar-refractivity contribution in [1.29, 1.82) is 0 Å². The zero-order valence-electron chi connectivity index (χ0n) is 6.55. The molecule has 0 aromatic carbocycles. The fourth-order valence-corrected chi connectivity index (χ4v) is 0.981. The number of nitrogens with zero attached hydrogens (tertiary/aromatic N) is 5. The van der Waals surface area contributed by atoms with Gasteiger partial charge in [-0.3, -0.25) is 0 Å². The summed E-state index contributed by atoms with van der Waals surface area (Å²) >= 11 is 0. The minimum absolute atomic E-state index is 0.796. The Kier molecular flexibility index (Phi) is 1.55. The Bertz CT molecular complexity index is 366. The van der Waals surface area contributed by atoms with E-state index in [-0.39, 0.29) is 0 Å². The number of hydrogen-bond donors (Lipinski definition) is 0. The lowest BCUT2D eigenvalue weighted by Gasteiger charge is -1.96. The number of aryl methyl sites for hydroxylation is 1. The molecule has 60 valence electrons. The van der Waals surface area contributed by atoms with Crippen LogP contribution in [0.4, 0.5) is 0 Å². The lowest BCUT2D eigenvalue weighted by molar-refractivity contribution is 0.773. The predicted octanol–water partition coefficient (Wildman–Crippen LogP) is 0.272. The van der Waals surface area contributed by atoms with E-state index in [1.165, 1.54) is 6.33 Å². The van der Waals surface area contributed by atoms with Crippen LogP contribution < -0.4 is 0 Å². The van der Waals surface area contributed by atoms with Crippen molar-refractivity contribution < 1.29 is 0 Å². The van der Waals surface area contributed by atoms with Crippen molar-refractivity contribution >= 4 is 0 Å². The molecule has 0 unspecified atom stereocenters. The van der Waals surface area contributed by atoms with Crippen molar-refractivity contribution in [3.8, 4) is 11.4 Å². The Hall–Kier alpha value is -1.78. The fourth-order valence-electron chi connectivity index (χ4n) is 0.981. The van der Waals surface area contributed by atoms with Crippen molar-refractivity contribution in [1.82, 2.24) is 25.0 Å². The highest BCUT2D eigenvalue weighted by molar-refractivity contribution is 5.51. The SMILES string of the molecule is Cn1ncnc1-c1ccnnc1. The summed E-state index contributed by atoms with van der Waals surface area (Å²) in [4.78, 5) is 4.07. The first-order valence-corrected chi connectivity index (χ1v) is 3.49. The molecule has 12 heavy (non-hydrogen) atoms. The molecule has 0 saturated heterocycles. The smallest absolute Gasteiger partial charge is 0.159 e. The van der Waals surface area contributed by atoms with Crippen LogP contribution in [0.5, 0.6) is 0 Å². The first-order chi connectivity index (χ1) is 5.88. The second-order valence-corrected chi connectivity index (χ2v) is 2.34. The molecule has 5 heteroatoms. The van der Waals surface area contributed by atoms with Gasteiger partial charge in [-0.05, 0) is 6.07 Å². The summed E-state index contributed by atoms with van der Waals surface area (Å²) < 4.78 is 1.69. The second kappa shape index (κ2) is 2.69. The normalized spacial score (nSPS) is 10.1. The molecule has 0 fully saturated rings. The Balaban J connectivity index is 2.51. The number of hydrogen-bond acceptors (Lipinski definition) is 4. The standard InChI is InChI=1S/C7H7N5/c1-12-7(8-5-11-12)6-2-3-9-10-4-6/h2-5H,1H3. The quantitative estimate of drug-likeness (QED) is 0.602. The molecule has 5 nitrogen and oxygen atoms in total. The van der Waals surface area contributed by atoms with Gasteiger partial charge in [-0.2, -0.15) is 15.3 Å². The summed E-state index contributed by atoms with van der Waals surface area (Å²) in [7, 11) is 1.84. The highest BCUT2D eigenvalue weighted by Gasteiger charge is 2.02. The summed E-state index contributed by atoms with van der Waals surface area (Å²) in [5.41, 5.74) is 0.921. The first kappa shape index (κ1) is 6.90. The van der Waals surface area contributed by atoms with Crippen molar-refractivity contribution in [2.75, 3.05) is 0 Å². The Labute approximate surface area is 69.1 Å². The molecule has 0 radical (unpaired) electrons. The van der Waals surface area contributed by atoms with Gasteiger partial charge < -0.3 is 0 Å². The fraction of sp³-hybridized carbons (Fsp3) is 0.143. The maximum Gasteiger partial charge on any atom is 0.159 e. The van der Waals surface area contributed by atoms with Gasteiger partial charge in [0.15, 0.2) is 5.82 Å². The van der Waals surface area contributed by atoms with E-state index in [2.05, 4.69) is 20.3 Å². The maximum atomic E-state index is 4.07. The Morgan fingerprint density at radius 3 is 2.83 bits per heavy atom. The van der Waals surface area contributed by atoms with Crippen LogP contribution in [0.2, 0.25) is 0 Å². The predicted molar refractivity (Wildman–Crippen MR) is 42.0 cm³/mol. The lowest BCUT2D eigenvalue weighted by Crippen LogP contribution is -1.94. The molecule has 0 N–H and O–H groups in total. The monoisotopic (exact) mass is 161 g/mol. The van der Waals surface area contributed by atoms with Crippen molar-refractivity contribution in [2.24, 2.45) is 7.05 Å². The molecule has 0 aliphatic rings. The minimum Gasteiger partial charge on any atom is -0.249 e. The van der Waals surface area contributed by atoms with Crippen LogP contribution in [0.1, 0.15) is 0 Å². The molecule has 2 aromatic rings. The summed E-state index contributed by atoms with van der Waals surface area (Å²) in [5.74, 6) is 0.796. The van der Waals surface area contributed by atoms with Crippen molar-refractivity contribution in [3.05, 3.63) is 24.8 Å². The first-order valence-electron chi connectivity index (χ1n) is 3.49. The average Bonchev–Trinajstić information content (AvgIpc) is 2.53. The highest BCUT2D eigenvalue weighted by atomic mass is 15.3. The summed E-state index contributed by atoms with van der Waals surface area (Å²) in [6.45, 7) is 0. The average molecular weight is 161 g/mol. The molecule has 0 aliphatic heterocycles. The van der Waals surface area contributed by atoms with Gasteiger partial charge in [0.25, 0.3) is 0 Å². The highest BCUT2D eigenvalue weighted by Crippen LogP contribution is 2.11. The number of rotatable bonds is 1. The lowest BCUT2D eigenvalue weighted by atomic mass is 10.3. The summed E-state index contributed by atoms with van der Waals surface area (Å²) in [6.07, 6.45) is 4.80. The van der Waals surface area contributed by atoms with Gasteiger partial charge >= 0.3 is 0 Å².